The normalized spacial score (nSPS) is 17.0. The maximum atomic E-state index is 12.3. The Kier molecular flexibility index (Phi) is 5.25. The monoisotopic (exact) mass is 330 g/mol. The van der Waals surface area contributed by atoms with Crippen LogP contribution in [0.4, 0.5) is 5.82 Å². The van der Waals surface area contributed by atoms with Gasteiger partial charge in [0.05, 0.1) is 12.6 Å². The van der Waals surface area contributed by atoms with E-state index in [1.807, 2.05) is 48.8 Å². The van der Waals surface area contributed by atoms with Crippen LogP contribution >= 0.6 is 11.3 Å². The van der Waals surface area contributed by atoms with Crippen molar-refractivity contribution in [2.24, 2.45) is 0 Å². The number of carbonyl (C=O) groups excluding carboxylic acids is 1. The molecule has 1 saturated heterocycles. The molecule has 23 heavy (non-hydrogen) atoms. The lowest BCUT2D eigenvalue weighted by Crippen LogP contribution is -2.54. The molecule has 2 aromatic heterocycles. The van der Waals surface area contributed by atoms with Gasteiger partial charge in [0.1, 0.15) is 5.82 Å². The minimum absolute atomic E-state index is 0.0964. The Bertz CT molecular complexity index is 609. The van der Waals surface area contributed by atoms with E-state index in [-0.39, 0.29) is 11.9 Å². The molecule has 1 amide bonds. The second-order valence-electron chi connectivity index (χ2n) is 5.68. The maximum Gasteiger partial charge on any atom is 0.237 e. The predicted molar refractivity (Wildman–Crippen MR) is 93.7 cm³/mol. The van der Waals surface area contributed by atoms with Gasteiger partial charge in [0.2, 0.25) is 5.91 Å². The van der Waals surface area contributed by atoms with E-state index in [1.165, 1.54) is 4.88 Å². The van der Waals surface area contributed by atoms with Gasteiger partial charge in [0.25, 0.3) is 0 Å². The molecule has 1 unspecified atom stereocenters. The van der Waals surface area contributed by atoms with E-state index in [0.29, 0.717) is 6.54 Å². The molecule has 0 aromatic carbocycles. The Hall–Kier alpha value is -1.92. The fraction of sp³-hybridized carbons (Fsp3) is 0.412. The van der Waals surface area contributed by atoms with Crippen LogP contribution in [0, 0.1) is 0 Å². The summed E-state index contributed by atoms with van der Waals surface area (Å²) in [5.41, 5.74) is 0. The van der Waals surface area contributed by atoms with Gasteiger partial charge in [0.15, 0.2) is 0 Å². The van der Waals surface area contributed by atoms with Crippen molar-refractivity contribution in [3.8, 4) is 0 Å². The molecule has 3 heterocycles. The van der Waals surface area contributed by atoms with Crippen LogP contribution < -0.4 is 10.2 Å². The lowest BCUT2D eigenvalue weighted by Gasteiger charge is -2.37. The number of rotatable bonds is 5. The van der Waals surface area contributed by atoms with E-state index >= 15 is 0 Å². The van der Waals surface area contributed by atoms with Crippen molar-refractivity contribution in [2.75, 3.05) is 31.1 Å². The number of aromatic nitrogens is 1. The first-order chi connectivity index (χ1) is 11.2. The number of nitrogens with one attached hydrogen (secondary N) is 1. The Labute approximate surface area is 140 Å². The Morgan fingerprint density at radius 3 is 2.74 bits per heavy atom. The highest BCUT2D eigenvalue weighted by Crippen LogP contribution is 2.14. The highest BCUT2D eigenvalue weighted by Gasteiger charge is 2.25. The van der Waals surface area contributed by atoms with Crippen molar-refractivity contribution in [3.63, 3.8) is 0 Å². The molecule has 5 nitrogen and oxygen atoms in total. The van der Waals surface area contributed by atoms with Crippen molar-refractivity contribution >= 4 is 23.1 Å². The third-order valence-electron chi connectivity index (χ3n) is 4.23. The number of piperazine rings is 1. The van der Waals surface area contributed by atoms with Gasteiger partial charge in [-0.05, 0) is 30.5 Å². The van der Waals surface area contributed by atoms with Crippen LogP contribution in [0.1, 0.15) is 11.8 Å². The van der Waals surface area contributed by atoms with Gasteiger partial charge >= 0.3 is 0 Å². The maximum absolute atomic E-state index is 12.3. The molecule has 1 N–H and O–H groups in total. The smallest absolute Gasteiger partial charge is 0.237 e. The molecule has 3 rings (SSSR count). The summed E-state index contributed by atoms with van der Waals surface area (Å²) in [6, 6.07) is 9.93. The number of amides is 1. The lowest BCUT2D eigenvalue weighted by molar-refractivity contribution is -0.126. The van der Waals surface area contributed by atoms with Crippen LogP contribution in [0.5, 0.6) is 0 Å². The molecule has 2 aromatic rings. The molecule has 0 saturated carbocycles. The summed E-state index contributed by atoms with van der Waals surface area (Å²) in [6.45, 7) is 6.17. The molecular formula is C17H22N4OS. The van der Waals surface area contributed by atoms with Gasteiger partial charge in [-0.2, -0.15) is 0 Å². The van der Waals surface area contributed by atoms with Crippen molar-refractivity contribution < 1.29 is 4.79 Å². The summed E-state index contributed by atoms with van der Waals surface area (Å²) in [6.07, 6.45) is 1.82. The molecule has 1 fully saturated rings. The average Bonchev–Trinajstić information content (AvgIpc) is 3.13. The second kappa shape index (κ2) is 7.57. The number of carbonyl (C=O) groups is 1. The van der Waals surface area contributed by atoms with Crippen molar-refractivity contribution in [1.29, 1.82) is 0 Å². The highest BCUT2D eigenvalue weighted by molar-refractivity contribution is 7.09. The molecule has 0 spiro atoms. The second-order valence-corrected chi connectivity index (χ2v) is 6.72. The van der Waals surface area contributed by atoms with E-state index in [4.69, 9.17) is 0 Å². The topological polar surface area (TPSA) is 48.5 Å². The van der Waals surface area contributed by atoms with Crippen molar-refractivity contribution in [3.05, 3.63) is 46.8 Å². The minimum Gasteiger partial charge on any atom is -0.354 e. The molecule has 6 heteroatoms. The molecule has 1 atom stereocenters. The first-order valence-corrected chi connectivity index (χ1v) is 8.82. The molecule has 0 bridgehead atoms. The molecule has 0 radical (unpaired) electrons. The van der Waals surface area contributed by atoms with Crippen LogP contribution in [0.25, 0.3) is 0 Å². The van der Waals surface area contributed by atoms with Gasteiger partial charge < -0.3 is 10.2 Å². The van der Waals surface area contributed by atoms with E-state index in [1.54, 1.807) is 11.3 Å². The lowest BCUT2D eigenvalue weighted by atomic mass is 10.2. The fourth-order valence-electron chi connectivity index (χ4n) is 2.78. The van der Waals surface area contributed by atoms with Crippen molar-refractivity contribution in [1.82, 2.24) is 15.2 Å². The molecule has 1 aliphatic rings. The van der Waals surface area contributed by atoms with Crippen LogP contribution in [-0.2, 0) is 11.3 Å². The zero-order chi connectivity index (χ0) is 16.1. The molecular weight excluding hydrogens is 308 g/mol. The first-order valence-electron chi connectivity index (χ1n) is 7.94. The molecule has 1 aliphatic heterocycles. The summed E-state index contributed by atoms with van der Waals surface area (Å²) in [4.78, 5) is 22.4. The van der Waals surface area contributed by atoms with Gasteiger partial charge in [-0.25, -0.2) is 4.98 Å². The van der Waals surface area contributed by atoms with Crippen LogP contribution in [0.3, 0.4) is 0 Å². The summed E-state index contributed by atoms with van der Waals surface area (Å²) < 4.78 is 0. The van der Waals surface area contributed by atoms with Gasteiger partial charge in [-0.3, -0.25) is 9.69 Å². The summed E-state index contributed by atoms with van der Waals surface area (Å²) in [5, 5.41) is 5.06. The predicted octanol–water partition coefficient (Wildman–Crippen LogP) is 1.97. The molecule has 122 valence electrons. The number of anilines is 1. The minimum atomic E-state index is -0.0964. The summed E-state index contributed by atoms with van der Waals surface area (Å²) in [7, 11) is 0. The van der Waals surface area contributed by atoms with Gasteiger partial charge in [0, 0.05) is 37.3 Å². The first kappa shape index (κ1) is 16.0. The van der Waals surface area contributed by atoms with E-state index in [2.05, 4.69) is 20.1 Å². The third kappa shape index (κ3) is 4.09. The Morgan fingerprint density at radius 1 is 1.26 bits per heavy atom. The standard InChI is InChI=1S/C17H22N4OS/c1-14(17(22)19-13-15-5-4-12-23-15)20-8-10-21(11-9-20)16-6-2-3-7-18-16/h2-7,12,14H,8-11,13H2,1H3,(H,19,22). The van der Waals surface area contributed by atoms with Gasteiger partial charge in [-0.15, -0.1) is 11.3 Å². The SMILES string of the molecule is CC(C(=O)NCc1cccs1)N1CCN(c2ccccn2)CC1. The number of hydrogen-bond donors (Lipinski definition) is 1. The summed E-state index contributed by atoms with van der Waals surface area (Å²) in [5.74, 6) is 1.12. The number of nitrogens with zero attached hydrogens (tertiary/aromatic N) is 3. The highest BCUT2D eigenvalue weighted by atomic mass is 32.1. The van der Waals surface area contributed by atoms with E-state index in [9.17, 15) is 4.79 Å². The fourth-order valence-corrected chi connectivity index (χ4v) is 3.42. The average molecular weight is 330 g/mol. The zero-order valence-electron chi connectivity index (χ0n) is 13.3. The summed E-state index contributed by atoms with van der Waals surface area (Å²) >= 11 is 1.67. The van der Waals surface area contributed by atoms with E-state index in [0.717, 1.165) is 32.0 Å². The number of pyridine rings is 1. The largest absolute Gasteiger partial charge is 0.354 e. The quantitative estimate of drug-likeness (QED) is 0.911. The number of hydrogen-bond acceptors (Lipinski definition) is 5. The number of thiophene rings is 1. The Morgan fingerprint density at radius 2 is 2.09 bits per heavy atom. The van der Waals surface area contributed by atoms with Crippen LogP contribution in [0.15, 0.2) is 41.9 Å². The van der Waals surface area contributed by atoms with Crippen LogP contribution in [-0.4, -0.2) is 48.0 Å². The van der Waals surface area contributed by atoms with Gasteiger partial charge in [-0.1, -0.05) is 12.1 Å². The van der Waals surface area contributed by atoms with E-state index < -0.39 is 0 Å². The van der Waals surface area contributed by atoms with Crippen molar-refractivity contribution in [2.45, 2.75) is 19.5 Å². The molecule has 0 aliphatic carbocycles. The third-order valence-corrected chi connectivity index (χ3v) is 5.11. The Balaban J connectivity index is 1.47. The van der Waals surface area contributed by atoms with Crippen LogP contribution in [0.2, 0.25) is 0 Å². The zero-order valence-corrected chi connectivity index (χ0v) is 14.1.